The first-order valence-electron chi connectivity index (χ1n) is 16.1. The van der Waals surface area contributed by atoms with Crippen LogP contribution in [0.5, 0.6) is 0 Å². The number of benzene rings is 2. The lowest BCUT2D eigenvalue weighted by atomic mass is 10.2. The fourth-order valence-corrected chi connectivity index (χ4v) is 5.65. The van der Waals surface area contributed by atoms with Gasteiger partial charge in [-0.3, -0.25) is 24.0 Å². The number of rotatable bonds is 5. The predicted octanol–water partition coefficient (Wildman–Crippen LogP) is 0.576. The Morgan fingerprint density at radius 3 is 1.53 bits per heavy atom. The van der Waals surface area contributed by atoms with Crippen LogP contribution in [0.15, 0.2) is 60.7 Å². The molecule has 15 heteroatoms. The third-order valence-corrected chi connectivity index (χ3v) is 8.27. The molecule has 0 bridgehead atoms. The number of fused-ring (bicyclic) bond motifs is 2. The zero-order valence-corrected chi connectivity index (χ0v) is 27.1. The monoisotopic (exact) mass is 673 g/mol. The lowest BCUT2D eigenvalue weighted by molar-refractivity contribution is -0.160. The van der Waals surface area contributed by atoms with Gasteiger partial charge in [-0.2, -0.15) is 0 Å². The second kappa shape index (κ2) is 15.9. The van der Waals surface area contributed by atoms with E-state index in [-0.39, 0.29) is 31.6 Å². The Bertz CT molecular complexity index is 1770. The van der Waals surface area contributed by atoms with E-state index < -0.39 is 23.7 Å². The molecule has 4 aromatic rings. The summed E-state index contributed by atoms with van der Waals surface area (Å²) in [5.41, 5.74) is 2.86. The van der Waals surface area contributed by atoms with Gasteiger partial charge in [-0.1, -0.05) is 36.4 Å². The van der Waals surface area contributed by atoms with Crippen molar-refractivity contribution in [2.45, 2.75) is 6.92 Å². The van der Waals surface area contributed by atoms with Crippen molar-refractivity contribution in [1.29, 1.82) is 0 Å². The van der Waals surface area contributed by atoms with E-state index in [2.05, 4.69) is 15.3 Å². The molecule has 6 rings (SSSR count). The van der Waals surface area contributed by atoms with Gasteiger partial charge in [0.25, 0.3) is 11.8 Å². The number of amides is 5. The van der Waals surface area contributed by atoms with E-state index in [9.17, 15) is 28.8 Å². The van der Waals surface area contributed by atoms with Crippen molar-refractivity contribution in [3.8, 4) is 0 Å². The SMILES string of the molecule is CCOC(=O)C(=O)N1CCN(C(=O)c2cc3ccccc3[nH]2)CC1.O=C(NCCO)C(=O)N1CCN(C(=O)c2cc3ccccc3[nH]2)CC1. The number of aliphatic hydroxyl groups excluding tert-OH is 1. The Morgan fingerprint density at radius 1 is 0.673 bits per heavy atom. The number of nitrogens with zero attached hydrogens (tertiary/aromatic N) is 4. The molecule has 0 unspecified atom stereocenters. The van der Waals surface area contributed by atoms with Gasteiger partial charge in [0.1, 0.15) is 11.4 Å². The molecule has 2 aliphatic rings. The molecule has 2 aromatic heterocycles. The van der Waals surface area contributed by atoms with Crippen LogP contribution in [0.1, 0.15) is 27.9 Å². The fraction of sp³-hybridized carbons (Fsp3) is 0.353. The summed E-state index contributed by atoms with van der Waals surface area (Å²) in [6.45, 7) is 4.42. The molecular formula is C34H39N7O8. The molecule has 49 heavy (non-hydrogen) atoms. The number of nitrogens with one attached hydrogen (secondary N) is 3. The molecule has 5 amide bonds. The highest BCUT2D eigenvalue weighted by molar-refractivity contribution is 6.35. The summed E-state index contributed by atoms with van der Waals surface area (Å²) in [6.07, 6.45) is 0. The first kappa shape index (κ1) is 34.6. The second-order valence-corrected chi connectivity index (χ2v) is 11.4. The van der Waals surface area contributed by atoms with Gasteiger partial charge in [-0.05, 0) is 31.2 Å². The Kier molecular flexibility index (Phi) is 11.3. The minimum atomic E-state index is -0.840. The summed E-state index contributed by atoms with van der Waals surface area (Å²) >= 11 is 0. The third-order valence-electron chi connectivity index (χ3n) is 8.27. The number of aromatic nitrogens is 2. The maximum absolute atomic E-state index is 12.6. The summed E-state index contributed by atoms with van der Waals surface area (Å²) in [5.74, 6) is -3.07. The van der Waals surface area contributed by atoms with E-state index in [1.807, 2.05) is 60.7 Å². The summed E-state index contributed by atoms with van der Waals surface area (Å²) in [7, 11) is 0. The van der Waals surface area contributed by atoms with Crippen molar-refractivity contribution in [2.75, 3.05) is 72.1 Å². The van der Waals surface area contributed by atoms with Crippen molar-refractivity contribution >= 4 is 57.3 Å². The van der Waals surface area contributed by atoms with Crippen LogP contribution in [0.2, 0.25) is 0 Å². The van der Waals surface area contributed by atoms with Crippen molar-refractivity contribution in [3.63, 3.8) is 0 Å². The van der Waals surface area contributed by atoms with Crippen LogP contribution in [0, 0.1) is 0 Å². The van der Waals surface area contributed by atoms with Gasteiger partial charge in [0.15, 0.2) is 0 Å². The van der Waals surface area contributed by atoms with E-state index >= 15 is 0 Å². The zero-order chi connectivity index (χ0) is 34.9. The number of esters is 1. The summed E-state index contributed by atoms with van der Waals surface area (Å²) in [5, 5.41) is 13.0. The number of aromatic amines is 2. The van der Waals surface area contributed by atoms with Crippen molar-refractivity contribution in [2.24, 2.45) is 0 Å². The highest BCUT2D eigenvalue weighted by Crippen LogP contribution is 2.18. The highest BCUT2D eigenvalue weighted by atomic mass is 16.5. The quantitative estimate of drug-likeness (QED) is 0.175. The largest absolute Gasteiger partial charge is 0.459 e. The zero-order valence-electron chi connectivity index (χ0n) is 27.1. The first-order valence-corrected chi connectivity index (χ1v) is 16.1. The van der Waals surface area contributed by atoms with Gasteiger partial charge < -0.3 is 44.7 Å². The molecule has 2 aliphatic heterocycles. The topological polar surface area (TPSA) is 188 Å². The number of carbonyl (C=O) groups is 6. The van der Waals surface area contributed by atoms with Crippen LogP contribution in [0.25, 0.3) is 21.8 Å². The summed E-state index contributed by atoms with van der Waals surface area (Å²) in [6, 6.07) is 19.0. The number of aliphatic hydroxyl groups is 1. The van der Waals surface area contributed by atoms with Crippen molar-refractivity contribution in [3.05, 3.63) is 72.1 Å². The smallest absolute Gasteiger partial charge is 0.397 e. The number of para-hydroxylation sites is 2. The minimum absolute atomic E-state index is 0.0450. The van der Waals surface area contributed by atoms with Gasteiger partial charge in [-0.25, -0.2) is 4.79 Å². The lowest BCUT2D eigenvalue weighted by Crippen LogP contribution is -2.54. The Labute approximate surface area is 281 Å². The molecule has 0 atom stereocenters. The highest BCUT2D eigenvalue weighted by Gasteiger charge is 2.30. The molecule has 0 aliphatic carbocycles. The van der Waals surface area contributed by atoms with Gasteiger partial charge in [0, 0.05) is 80.7 Å². The van der Waals surface area contributed by atoms with Crippen LogP contribution >= 0.6 is 0 Å². The van der Waals surface area contributed by atoms with Crippen LogP contribution < -0.4 is 5.32 Å². The molecule has 258 valence electrons. The molecule has 0 spiro atoms. The first-order chi connectivity index (χ1) is 23.7. The Morgan fingerprint density at radius 2 is 1.10 bits per heavy atom. The predicted molar refractivity (Wildman–Crippen MR) is 178 cm³/mol. The molecule has 0 saturated carbocycles. The molecule has 2 fully saturated rings. The molecule has 15 nitrogen and oxygen atoms in total. The summed E-state index contributed by atoms with van der Waals surface area (Å²) < 4.78 is 4.72. The molecule has 4 heterocycles. The molecule has 0 radical (unpaired) electrons. The minimum Gasteiger partial charge on any atom is -0.459 e. The van der Waals surface area contributed by atoms with E-state index in [0.717, 1.165) is 21.8 Å². The third kappa shape index (κ3) is 8.24. The number of piperazine rings is 2. The molecule has 2 aromatic carbocycles. The van der Waals surface area contributed by atoms with Crippen LogP contribution in [-0.4, -0.2) is 142 Å². The number of hydrogen-bond donors (Lipinski definition) is 4. The van der Waals surface area contributed by atoms with Gasteiger partial charge in [0.05, 0.1) is 13.2 Å². The maximum atomic E-state index is 12.6. The fourth-order valence-electron chi connectivity index (χ4n) is 5.65. The number of H-pyrrole nitrogens is 2. The van der Waals surface area contributed by atoms with Crippen molar-refractivity contribution in [1.82, 2.24) is 34.9 Å². The number of carbonyl (C=O) groups excluding carboxylic acids is 6. The number of hydrogen-bond acceptors (Lipinski definition) is 8. The Hall–Kier alpha value is -5.70. The average molecular weight is 674 g/mol. The van der Waals surface area contributed by atoms with E-state index in [4.69, 9.17) is 9.84 Å². The van der Waals surface area contributed by atoms with E-state index in [1.165, 1.54) is 9.80 Å². The standard InChI is InChI=1S/C17H20N4O4.C17H19N3O4/c22-10-5-18-15(23)17(25)21-8-6-20(7-9-21)16(24)14-11-12-3-1-2-4-13(12)19-14;1-2-24-17(23)16(22)20-9-7-19(8-10-20)15(21)14-11-12-5-3-4-6-13(12)18-14/h1-4,11,19,22H,5-10H2,(H,18,23);3-6,11,18H,2,7-10H2,1H3. The van der Waals surface area contributed by atoms with E-state index in [0.29, 0.717) is 63.7 Å². The van der Waals surface area contributed by atoms with Crippen LogP contribution in [0.4, 0.5) is 0 Å². The lowest BCUT2D eigenvalue weighted by Gasteiger charge is -2.34. The molecule has 2 saturated heterocycles. The van der Waals surface area contributed by atoms with Crippen LogP contribution in [-0.2, 0) is 23.9 Å². The van der Waals surface area contributed by atoms with Gasteiger partial charge >= 0.3 is 23.7 Å². The normalized spacial score (nSPS) is 14.7. The molecule has 4 N–H and O–H groups in total. The maximum Gasteiger partial charge on any atom is 0.397 e. The van der Waals surface area contributed by atoms with Gasteiger partial charge in [-0.15, -0.1) is 0 Å². The average Bonchev–Trinajstić information content (AvgIpc) is 3.78. The van der Waals surface area contributed by atoms with Crippen LogP contribution in [0.3, 0.4) is 0 Å². The van der Waals surface area contributed by atoms with E-state index in [1.54, 1.807) is 16.7 Å². The summed E-state index contributed by atoms with van der Waals surface area (Å²) in [4.78, 5) is 84.6. The molecular weight excluding hydrogens is 634 g/mol. The van der Waals surface area contributed by atoms with Gasteiger partial charge in [0.2, 0.25) is 0 Å². The van der Waals surface area contributed by atoms with Crippen molar-refractivity contribution < 1.29 is 38.6 Å². The Balaban J connectivity index is 0.000000191. The second-order valence-electron chi connectivity index (χ2n) is 11.4. The number of ether oxygens (including phenoxy) is 1.